The van der Waals surface area contributed by atoms with Gasteiger partial charge in [0.1, 0.15) is 0 Å². The van der Waals surface area contributed by atoms with Crippen molar-refractivity contribution in [2.24, 2.45) is 16.8 Å². The van der Waals surface area contributed by atoms with Gasteiger partial charge in [0, 0.05) is 32.0 Å². The van der Waals surface area contributed by atoms with E-state index in [2.05, 4.69) is 41.1 Å². The van der Waals surface area contributed by atoms with Crippen molar-refractivity contribution >= 4 is 29.9 Å². The maximum atomic E-state index is 5.31. The molecule has 2 atom stereocenters. The molecule has 2 heterocycles. The molecule has 6 nitrogen and oxygen atoms in total. The Labute approximate surface area is 168 Å². The quantitative estimate of drug-likeness (QED) is 0.414. The van der Waals surface area contributed by atoms with E-state index in [0.29, 0.717) is 24.8 Å². The van der Waals surface area contributed by atoms with Gasteiger partial charge in [-0.2, -0.15) is 4.98 Å². The fraction of sp³-hybridized carbons (Fsp3) is 0.833. The van der Waals surface area contributed by atoms with Crippen LogP contribution in [0.5, 0.6) is 0 Å². The van der Waals surface area contributed by atoms with E-state index >= 15 is 0 Å². The third-order valence-corrected chi connectivity index (χ3v) is 5.20. The lowest BCUT2D eigenvalue weighted by atomic mass is 9.82. The minimum absolute atomic E-state index is 0. The van der Waals surface area contributed by atoms with Gasteiger partial charge >= 0.3 is 0 Å². The molecule has 1 saturated carbocycles. The maximum absolute atomic E-state index is 5.31. The highest BCUT2D eigenvalue weighted by atomic mass is 127. The minimum atomic E-state index is 0. The number of likely N-dealkylation sites (tertiary alicyclic amines) is 1. The second kappa shape index (κ2) is 9.73. The Balaban J connectivity index is 0.00000225. The first-order valence-electron chi connectivity index (χ1n) is 9.53. The smallest absolute Gasteiger partial charge is 0.228 e. The molecular formula is C18H32IN5O. The van der Waals surface area contributed by atoms with Gasteiger partial charge in [0.05, 0.1) is 6.54 Å². The Morgan fingerprint density at radius 1 is 1.28 bits per heavy atom. The Morgan fingerprint density at radius 2 is 1.96 bits per heavy atom. The molecule has 1 aromatic heterocycles. The van der Waals surface area contributed by atoms with Gasteiger partial charge in [-0.25, -0.2) is 0 Å². The molecule has 142 valence electrons. The first-order valence-corrected chi connectivity index (χ1v) is 9.53. The minimum Gasteiger partial charge on any atom is -0.357 e. The lowest BCUT2D eigenvalue weighted by Gasteiger charge is -2.22. The van der Waals surface area contributed by atoms with Gasteiger partial charge in [-0.15, -0.1) is 24.0 Å². The highest BCUT2D eigenvalue weighted by molar-refractivity contribution is 14.0. The molecule has 2 unspecified atom stereocenters. The zero-order valence-electron chi connectivity index (χ0n) is 15.7. The molecular weight excluding hydrogens is 429 g/mol. The Morgan fingerprint density at radius 3 is 2.52 bits per heavy atom. The highest BCUT2D eigenvalue weighted by Gasteiger charge is 2.35. The average Bonchev–Trinajstić information content (AvgIpc) is 3.20. The molecule has 3 rings (SSSR count). The van der Waals surface area contributed by atoms with Crippen LogP contribution in [0, 0.1) is 11.8 Å². The lowest BCUT2D eigenvalue weighted by molar-refractivity contribution is 0.299. The fourth-order valence-electron chi connectivity index (χ4n) is 3.87. The second-order valence-electron chi connectivity index (χ2n) is 7.40. The molecule has 1 N–H and O–H groups in total. The molecule has 25 heavy (non-hydrogen) atoms. The summed E-state index contributed by atoms with van der Waals surface area (Å²) in [5.74, 6) is 4.56. The molecule has 0 radical (unpaired) electrons. The predicted octanol–water partition coefficient (Wildman–Crippen LogP) is 3.44. The first-order chi connectivity index (χ1) is 11.7. The van der Waals surface area contributed by atoms with Crippen molar-refractivity contribution in [1.29, 1.82) is 0 Å². The molecule has 0 aromatic carbocycles. The van der Waals surface area contributed by atoms with Crippen LogP contribution < -0.4 is 5.32 Å². The lowest BCUT2D eigenvalue weighted by Crippen LogP contribution is -2.40. The molecule has 2 aliphatic rings. The van der Waals surface area contributed by atoms with E-state index < -0.39 is 0 Å². The summed E-state index contributed by atoms with van der Waals surface area (Å²) in [6.07, 6.45) is 6.28. The van der Waals surface area contributed by atoms with Crippen LogP contribution in [-0.2, 0) is 6.42 Å². The standard InChI is InChI=1S/C18H31N5O.HI/c1-4-19-18(23-11-14-7-5-6-8-15(14)12-23)20-10-9-16-21-17(13(2)3)22-24-16;/h13-15H,4-12H2,1-3H3,(H,19,20);1H. The normalized spacial score (nSPS) is 23.5. The number of aliphatic imine (C=N–C) groups is 1. The van der Waals surface area contributed by atoms with Crippen LogP contribution in [0.2, 0.25) is 0 Å². The molecule has 7 heteroatoms. The van der Waals surface area contributed by atoms with Crippen LogP contribution in [-0.4, -0.2) is 47.2 Å². The SMILES string of the molecule is CCNC(=NCCc1nc(C(C)C)no1)N1CC2CCCCC2C1.I. The van der Waals surface area contributed by atoms with Gasteiger partial charge in [0.2, 0.25) is 5.89 Å². The summed E-state index contributed by atoms with van der Waals surface area (Å²) in [5, 5.41) is 7.47. The van der Waals surface area contributed by atoms with Crippen molar-refractivity contribution < 1.29 is 4.52 Å². The number of nitrogens with one attached hydrogen (secondary N) is 1. The third-order valence-electron chi connectivity index (χ3n) is 5.20. The van der Waals surface area contributed by atoms with Crippen molar-refractivity contribution in [2.75, 3.05) is 26.2 Å². The number of rotatable bonds is 5. The van der Waals surface area contributed by atoms with Gasteiger partial charge in [-0.3, -0.25) is 4.99 Å². The van der Waals surface area contributed by atoms with Crippen LogP contribution in [0.15, 0.2) is 9.52 Å². The van der Waals surface area contributed by atoms with Crippen molar-refractivity contribution in [1.82, 2.24) is 20.4 Å². The Hall–Kier alpha value is -0.860. The molecule has 1 saturated heterocycles. The molecule has 0 amide bonds. The van der Waals surface area contributed by atoms with Crippen molar-refractivity contribution in [3.05, 3.63) is 11.7 Å². The van der Waals surface area contributed by atoms with Crippen LogP contribution in [0.1, 0.15) is 64.1 Å². The van der Waals surface area contributed by atoms with Crippen LogP contribution in [0.25, 0.3) is 0 Å². The summed E-state index contributed by atoms with van der Waals surface area (Å²) < 4.78 is 5.31. The average molecular weight is 461 g/mol. The Bertz CT molecular complexity index is 545. The van der Waals surface area contributed by atoms with Gasteiger partial charge in [-0.05, 0) is 31.6 Å². The molecule has 0 bridgehead atoms. The van der Waals surface area contributed by atoms with E-state index in [1.54, 1.807) is 0 Å². The van der Waals surface area contributed by atoms with E-state index in [9.17, 15) is 0 Å². The van der Waals surface area contributed by atoms with Gasteiger partial charge in [-0.1, -0.05) is 31.8 Å². The summed E-state index contributed by atoms with van der Waals surface area (Å²) in [4.78, 5) is 11.7. The molecule has 1 aromatic rings. The van der Waals surface area contributed by atoms with Crippen LogP contribution >= 0.6 is 24.0 Å². The molecule has 1 aliphatic carbocycles. The zero-order valence-corrected chi connectivity index (χ0v) is 18.0. The fourth-order valence-corrected chi connectivity index (χ4v) is 3.87. The second-order valence-corrected chi connectivity index (χ2v) is 7.40. The number of hydrogen-bond donors (Lipinski definition) is 1. The van der Waals surface area contributed by atoms with E-state index in [4.69, 9.17) is 9.52 Å². The largest absolute Gasteiger partial charge is 0.357 e. The topological polar surface area (TPSA) is 66.5 Å². The highest BCUT2D eigenvalue weighted by Crippen LogP contribution is 2.35. The van der Waals surface area contributed by atoms with E-state index in [-0.39, 0.29) is 24.0 Å². The first kappa shape index (κ1) is 20.5. The summed E-state index contributed by atoms with van der Waals surface area (Å²) >= 11 is 0. The number of halogens is 1. The van der Waals surface area contributed by atoms with Crippen molar-refractivity contribution in [2.45, 2.75) is 58.8 Å². The number of nitrogens with zero attached hydrogens (tertiary/aromatic N) is 4. The van der Waals surface area contributed by atoms with Crippen LogP contribution in [0.4, 0.5) is 0 Å². The molecule has 2 fully saturated rings. The van der Waals surface area contributed by atoms with E-state index in [0.717, 1.165) is 43.3 Å². The van der Waals surface area contributed by atoms with Crippen LogP contribution in [0.3, 0.4) is 0 Å². The summed E-state index contributed by atoms with van der Waals surface area (Å²) in [5.41, 5.74) is 0. The number of fused-ring (bicyclic) bond motifs is 1. The zero-order chi connectivity index (χ0) is 16.9. The molecule has 1 aliphatic heterocycles. The Kier molecular flexibility index (Phi) is 7.96. The van der Waals surface area contributed by atoms with Crippen molar-refractivity contribution in [3.8, 4) is 0 Å². The maximum Gasteiger partial charge on any atom is 0.228 e. The van der Waals surface area contributed by atoms with E-state index in [1.165, 1.54) is 25.7 Å². The summed E-state index contributed by atoms with van der Waals surface area (Å²) in [6.45, 7) is 10.2. The summed E-state index contributed by atoms with van der Waals surface area (Å²) in [6, 6.07) is 0. The van der Waals surface area contributed by atoms with Gasteiger partial charge in [0.25, 0.3) is 0 Å². The third kappa shape index (κ3) is 5.31. The van der Waals surface area contributed by atoms with Gasteiger partial charge < -0.3 is 14.7 Å². The van der Waals surface area contributed by atoms with E-state index in [1.807, 2.05) is 0 Å². The monoisotopic (exact) mass is 461 g/mol. The van der Waals surface area contributed by atoms with Crippen molar-refractivity contribution in [3.63, 3.8) is 0 Å². The predicted molar refractivity (Wildman–Crippen MR) is 111 cm³/mol. The number of guanidine groups is 1. The number of aromatic nitrogens is 2. The summed E-state index contributed by atoms with van der Waals surface area (Å²) in [7, 11) is 0. The van der Waals surface area contributed by atoms with Gasteiger partial charge in [0.15, 0.2) is 11.8 Å². The molecule has 0 spiro atoms. The number of hydrogen-bond acceptors (Lipinski definition) is 4.